The topological polar surface area (TPSA) is 237 Å². The number of rotatable bonds is 14. The third-order valence-corrected chi connectivity index (χ3v) is 22.1. The molecule has 16 rings (SSSR count). The average Bonchev–Trinajstić information content (AvgIpc) is 1.74. The lowest BCUT2D eigenvalue weighted by Gasteiger charge is -2.35. The number of anilines is 3. The molecule has 20 nitrogen and oxygen atoms in total. The highest BCUT2D eigenvalue weighted by molar-refractivity contribution is 6.36. The van der Waals surface area contributed by atoms with E-state index in [-0.39, 0.29) is 83.4 Å². The Morgan fingerprint density at radius 2 is 0.865 bits per heavy atom. The zero-order chi connectivity index (χ0) is 77.2. The molecule has 8 aromatic carbocycles. The summed E-state index contributed by atoms with van der Waals surface area (Å²) >= 11 is 21.1. The fraction of sp³-hybridized carbons (Fsp3) is 0.176. The Labute approximate surface area is 649 Å². The summed E-state index contributed by atoms with van der Waals surface area (Å²) in [6.07, 6.45) is 11.2. The maximum Gasteiger partial charge on any atom is 0.246 e. The van der Waals surface area contributed by atoms with Crippen LogP contribution in [0.5, 0.6) is 17.2 Å². The van der Waals surface area contributed by atoms with Crippen molar-refractivity contribution in [3.8, 4) is 84.4 Å². The summed E-state index contributed by atoms with van der Waals surface area (Å²) in [5.41, 5.74) is 8.34. The summed E-state index contributed by atoms with van der Waals surface area (Å²) in [5.74, 6) is -2.06. The number of nitrogens with one attached hydrogen (secondary N) is 1. The summed E-state index contributed by atoms with van der Waals surface area (Å²) in [6.45, 7) is 13.7. The molecule has 13 aromatic rings. The SMILES string of the molecule is C=CC(=O)N1CCN(c2nnc(-c3c(C)ccc(/C=C\C(=O)N4CCN(c5nnc(-c6cc(C=CC(=O)N7CCN(c8nnc(-c9cccc%10[nH]ccc9%10)c9cc(-c%10c(O)cccc%10F)c(Cl)cc89)CC7)cnc6C)c6cc(-c7c(O)cccc7F)c(Cl)cc56)CC4)c3C)c3cc(-c4c(O)cccc4F)c(Cl)cc23)CC1. The van der Waals surface area contributed by atoms with Crippen molar-refractivity contribution < 1.29 is 42.9 Å². The average molecular weight is 1540 g/mol. The molecule has 0 radical (unpaired) electrons. The largest absolute Gasteiger partial charge is 0.507 e. The number of fused-ring (bicyclic) bond motifs is 4. The maximum atomic E-state index is 15.9. The van der Waals surface area contributed by atoms with Gasteiger partial charge >= 0.3 is 0 Å². The van der Waals surface area contributed by atoms with Gasteiger partial charge in [-0.05, 0) is 152 Å². The second kappa shape index (κ2) is 29.9. The number of carbonyl (C=O) groups is 3. The van der Waals surface area contributed by atoms with Gasteiger partial charge < -0.3 is 49.7 Å². The van der Waals surface area contributed by atoms with E-state index in [2.05, 4.69) is 11.6 Å². The normalized spacial score (nSPS) is 14.4. The van der Waals surface area contributed by atoms with Gasteiger partial charge in [-0.25, -0.2) is 13.2 Å². The molecule has 8 heterocycles. The first-order valence-corrected chi connectivity index (χ1v) is 37.0. The van der Waals surface area contributed by atoms with Gasteiger partial charge in [0.25, 0.3) is 0 Å². The molecule has 4 N–H and O–H groups in total. The minimum absolute atomic E-state index is 0.0402. The number of phenols is 3. The van der Waals surface area contributed by atoms with Crippen molar-refractivity contribution in [2.45, 2.75) is 20.8 Å². The molecule has 0 bridgehead atoms. The van der Waals surface area contributed by atoms with Gasteiger partial charge in [-0.2, -0.15) is 0 Å². The third kappa shape index (κ3) is 13.5. The van der Waals surface area contributed by atoms with Gasteiger partial charge in [0, 0.05) is 200 Å². The summed E-state index contributed by atoms with van der Waals surface area (Å²) < 4.78 is 47.0. The van der Waals surface area contributed by atoms with Crippen LogP contribution in [0.1, 0.15) is 27.9 Å². The lowest BCUT2D eigenvalue weighted by atomic mass is 9.91. The minimum Gasteiger partial charge on any atom is -0.507 e. The highest BCUT2D eigenvalue weighted by atomic mass is 35.5. The number of benzene rings is 8. The number of aromatic amines is 1. The van der Waals surface area contributed by atoms with E-state index in [4.69, 9.17) is 70.4 Å². The Morgan fingerprint density at radius 1 is 0.441 bits per heavy atom. The van der Waals surface area contributed by atoms with Gasteiger partial charge in [-0.1, -0.05) is 83.8 Å². The van der Waals surface area contributed by atoms with E-state index < -0.39 is 17.5 Å². The van der Waals surface area contributed by atoms with E-state index in [1.165, 1.54) is 72.8 Å². The molecule has 26 heteroatoms. The smallest absolute Gasteiger partial charge is 0.246 e. The first-order chi connectivity index (χ1) is 53.7. The van der Waals surface area contributed by atoms with Gasteiger partial charge in [-0.3, -0.25) is 19.4 Å². The van der Waals surface area contributed by atoms with E-state index in [9.17, 15) is 29.7 Å². The Kier molecular flexibility index (Phi) is 19.6. The Balaban J connectivity index is 0.646. The van der Waals surface area contributed by atoms with E-state index >= 15 is 13.2 Å². The quantitative estimate of drug-likeness (QED) is 0.0741. The molecule has 0 spiro atoms. The number of aromatic nitrogens is 8. The van der Waals surface area contributed by atoms with E-state index in [1.807, 2.05) is 84.1 Å². The lowest BCUT2D eigenvalue weighted by Crippen LogP contribution is -2.48. The zero-order valence-electron chi connectivity index (χ0n) is 60.1. The molecule has 3 fully saturated rings. The Hall–Kier alpha value is -12.4. The zero-order valence-corrected chi connectivity index (χ0v) is 62.4. The highest BCUT2D eigenvalue weighted by Gasteiger charge is 2.32. The van der Waals surface area contributed by atoms with Crippen LogP contribution in [0.4, 0.5) is 30.6 Å². The summed E-state index contributed by atoms with van der Waals surface area (Å²) in [7, 11) is 0. The number of aromatic hydroxyl groups is 3. The van der Waals surface area contributed by atoms with Crippen molar-refractivity contribution in [1.29, 1.82) is 0 Å². The predicted octanol–water partition coefficient (Wildman–Crippen LogP) is 16.4. The second-order valence-electron chi connectivity index (χ2n) is 27.6. The monoisotopic (exact) mass is 1540 g/mol. The Bertz CT molecular complexity index is 6030. The van der Waals surface area contributed by atoms with Crippen LogP contribution in [0.25, 0.3) is 123 Å². The van der Waals surface area contributed by atoms with Gasteiger partial charge in [-0.15, -0.1) is 30.6 Å². The van der Waals surface area contributed by atoms with Gasteiger partial charge in [0.1, 0.15) is 51.8 Å². The number of halogens is 6. The van der Waals surface area contributed by atoms with Crippen molar-refractivity contribution >= 4 is 125 Å². The number of aryl methyl sites for hydroxylation is 2. The number of pyridine rings is 1. The minimum atomic E-state index is -0.699. The first-order valence-electron chi connectivity index (χ1n) is 35.9. The molecule has 0 atom stereocenters. The number of H-pyrrole nitrogens is 1. The van der Waals surface area contributed by atoms with Crippen LogP contribution in [-0.4, -0.2) is 167 Å². The molecule has 3 saturated heterocycles. The fourth-order valence-corrected chi connectivity index (χ4v) is 16.1. The molecule has 556 valence electrons. The van der Waals surface area contributed by atoms with Crippen LogP contribution < -0.4 is 14.7 Å². The molecule has 111 heavy (non-hydrogen) atoms. The van der Waals surface area contributed by atoms with Gasteiger partial charge in [0.2, 0.25) is 17.7 Å². The van der Waals surface area contributed by atoms with Crippen LogP contribution in [-0.2, 0) is 14.4 Å². The van der Waals surface area contributed by atoms with Crippen LogP contribution in [0.15, 0.2) is 171 Å². The van der Waals surface area contributed by atoms with Crippen molar-refractivity contribution in [3.05, 3.63) is 231 Å². The van der Waals surface area contributed by atoms with Crippen LogP contribution in [0, 0.1) is 38.2 Å². The number of hydrogen-bond donors (Lipinski definition) is 4. The summed E-state index contributed by atoms with van der Waals surface area (Å²) in [6, 6.07) is 35.9. The summed E-state index contributed by atoms with van der Waals surface area (Å²) in [5, 5.41) is 66.9. The van der Waals surface area contributed by atoms with Crippen molar-refractivity contribution in [2.24, 2.45) is 0 Å². The molecule has 0 aliphatic carbocycles. The lowest BCUT2D eigenvalue weighted by molar-refractivity contribution is -0.127. The molecular formula is C85H68Cl3F3N14O6. The van der Waals surface area contributed by atoms with Crippen molar-refractivity contribution in [3.63, 3.8) is 0 Å². The van der Waals surface area contributed by atoms with Gasteiger partial charge in [0.15, 0.2) is 17.5 Å². The maximum absolute atomic E-state index is 15.9. The van der Waals surface area contributed by atoms with Crippen molar-refractivity contribution in [1.82, 2.24) is 55.3 Å². The third-order valence-electron chi connectivity index (χ3n) is 21.2. The van der Waals surface area contributed by atoms with Crippen LogP contribution in [0.2, 0.25) is 15.1 Å². The highest BCUT2D eigenvalue weighted by Crippen LogP contribution is 2.48. The number of phenolic OH excluding ortho intramolecular Hbond substituents is 3. The molecule has 5 aromatic heterocycles. The van der Waals surface area contributed by atoms with Crippen LogP contribution in [0.3, 0.4) is 0 Å². The molecule has 0 unspecified atom stereocenters. The summed E-state index contributed by atoms with van der Waals surface area (Å²) in [4.78, 5) is 60.3. The molecule has 0 saturated carbocycles. The second-order valence-corrected chi connectivity index (χ2v) is 28.8. The number of amides is 3. The predicted molar refractivity (Wildman–Crippen MR) is 430 cm³/mol. The van der Waals surface area contributed by atoms with E-state index in [1.54, 1.807) is 69.4 Å². The Morgan fingerprint density at radius 3 is 1.32 bits per heavy atom. The number of nitrogens with zero attached hydrogens (tertiary/aromatic N) is 13. The first kappa shape index (κ1) is 72.7. The molecule has 3 aliphatic heterocycles. The molecular weight excluding hydrogens is 1480 g/mol. The number of carbonyl (C=O) groups excluding carboxylic acids is 3. The van der Waals surface area contributed by atoms with Crippen LogP contribution >= 0.6 is 34.8 Å². The van der Waals surface area contributed by atoms with E-state index in [0.29, 0.717) is 162 Å². The number of hydrogen-bond acceptors (Lipinski definition) is 16. The van der Waals surface area contributed by atoms with Crippen molar-refractivity contribution in [2.75, 3.05) is 93.2 Å². The standard InChI is InChI=1S/C85H68Cl3F3N14O6/c1-5-73(109)100-26-32-103(33-27-100)85-59-44-65(88)62(79-68(91)13-9-17-72(79)108)41-56(59)82(96-99-85)76-46(2)18-20-50(47(76)3)21-23-75(111)102-30-36-105(37-31-102)84-58-43-64(87)61(78-67(90)12-8-16-71(78)107)40-55(58)81(95-98-84)53-38-49(45-93-48(53)4)19-22-74(110)101-28-34-104(35-29-101)83-57-42-63(86)60(77-66(89)11-7-15-70(77)106)39-54(57)80(94-97-83)52-10-6-14-69-51(52)24-25-92-69/h5-25,38-45,92,106-108H,1,26-37H2,2-4H3/b22-19?,23-21-. The van der Waals surface area contributed by atoms with E-state index in [0.717, 1.165) is 38.7 Å². The molecule has 3 amide bonds. The number of piperazine rings is 3. The van der Waals surface area contributed by atoms with Gasteiger partial charge in [0.05, 0.1) is 16.7 Å². The fourth-order valence-electron chi connectivity index (χ4n) is 15.3. The molecule has 3 aliphatic rings.